The maximum Gasteiger partial charge on any atom is 0.169 e. The van der Waals surface area contributed by atoms with Gasteiger partial charge in [0, 0.05) is 12.3 Å². The highest BCUT2D eigenvalue weighted by molar-refractivity contribution is 7.99. The molecule has 0 bridgehead atoms. The molecule has 0 radical (unpaired) electrons. The zero-order chi connectivity index (χ0) is 11.5. The number of para-hydroxylation sites is 2. The van der Waals surface area contributed by atoms with Gasteiger partial charge in [0.15, 0.2) is 5.16 Å². The quantitative estimate of drug-likeness (QED) is 0.749. The third kappa shape index (κ3) is 2.24. The number of rotatable bonds is 4. The number of hydrogen-bond acceptors (Lipinski definition) is 2. The van der Waals surface area contributed by atoms with Gasteiger partial charge >= 0.3 is 0 Å². The Labute approximate surface area is 101 Å². The maximum atomic E-state index is 4.68. The van der Waals surface area contributed by atoms with E-state index in [0.29, 0.717) is 5.92 Å². The van der Waals surface area contributed by atoms with Crippen molar-refractivity contribution < 1.29 is 0 Å². The SMILES string of the molecule is CCn1c(SCC(C)C)nc2ccccc21. The lowest BCUT2D eigenvalue weighted by Crippen LogP contribution is -1.98. The number of imidazole rings is 1. The van der Waals surface area contributed by atoms with Crippen LogP contribution in [-0.4, -0.2) is 15.3 Å². The molecule has 0 aliphatic carbocycles. The molecule has 0 amide bonds. The molecule has 86 valence electrons. The van der Waals surface area contributed by atoms with E-state index in [-0.39, 0.29) is 0 Å². The Kier molecular flexibility index (Phi) is 3.54. The third-order valence-electron chi connectivity index (χ3n) is 2.48. The van der Waals surface area contributed by atoms with E-state index in [1.807, 2.05) is 17.8 Å². The van der Waals surface area contributed by atoms with Crippen LogP contribution >= 0.6 is 11.8 Å². The van der Waals surface area contributed by atoms with E-state index in [4.69, 9.17) is 0 Å². The van der Waals surface area contributed by atoms with Gasteiger partial charge in [0.25, 0.3) is 0 Å². The third-order valence-corrected chi connectivity index (χ3v) is 3.88. The largest absolute Gasteiger partial charge is 0.319 e. The summed E-state index contributed by atoms with van der Waals surface area (Å²) in [6, 6.07) is 8.35. The van der Waals surface area contributed by atoms with Gasteiger partial charge in [-0.1, -0.05) is 37.7 Å². The van der Waals surface area contributed by atoms with Gasteiger partial charge in [-0.3, -0.25) is 0 Å². The van der Waals surface area contributed by atoms with Crippen molar-refractivity contribution in [2.45, 2.75) is 32.5 Å². The van der Waals surface area contributed by atoms with Crippen molar-refractivity contribution in [1.82, 2.24) is 9.55 Å². The molecule has 2 rings (SSSR count). The van der Waals surface area contributed by atoms with E-state index < -0.39 is 0 Å². The Morgan fingerprint density at radius 3 is 2.75 bits per heavy atom. The number of aromatic nitrogens is 2. The first kappa shape index (κ1) is 11.5. The Morgan fingerprint density at radius 2 is 2.06 bits per heavy atom. The smallest absolute Gasteiger partial charge is 0.169 e. The average molecular weight is 234 g/mol. The number of benzene rings is 1. The fourth-order valence-corrected chi connectivity index (χ4v) is 2.74. The van der Waals surface area contributed by atoms with Crippen molar-refractivity contribution in [1.29, 1.82) is 0 Å². The van der Waals surface area contributed by atoms with Gasteiger partial charge in [-0.05, 0) is 25.0 Å². The highest BCUT2D eigenvalue weighted by Crippen LogP contribution is 2.25. The summed E-state index contributed by atoms with van der Waals surface area (Å²) in [4.78, 5) is 4.68. The Bertz CT molecular complexity index is 474. The van der Waals surface area contributed by atoms with E-state index in [0.717, 1.165) is 23.0 Å². The maximum absolute atomic E-state index is 4.68. The lowest BCUT2D eigenvalue weighted by Gasteiger charge is -2.06. The van der Waals surface area contributed by atoms with E-state index in [2.05, 4.69) is 48.5 Å². The van der Waals surface area contributed by atoms with Gasteiger partial charge in [0.2, 0.25) is 0 Å². The second-order valence-corrected chi connectivity index (χ2v) is 5.32. The number of fused-ring (bicyclic) bond motifs is 1. The predicted octanol–water partition coefficient (Wildman–Crippen LogP) is 3.80. The normalized spacial score (nSPS) is 11.5. The van der Waals surface area contributed by atoms with Crippen molar-refractivity contribution in [3.05, 3.63) is 24.3 Å². The van der Waals surface area contributed by atoms with E-state index in [1.54, 1.807) is 0 Å². The molecule has 0 saturated heterocycles. The van der Waals surface area contributed by atoms with Crippen LogP contribution in [0.15, 0.2) is 29.4 Å². The number of nitrogens with zero attached hydrogens (tertiary/aromatic N) is 2. The highest BCUT2D eigenvalue weighted by atomic mass is 32.2. The van der Waals surface area contributed by atoms with Gasteiger partial charge in [-0.2, -0.15) is 0 Å². The van der Waals surface area contributed by atoms with Crippen LogP contribution in [0.25, 0.3) is 11.0 Å². The first-order valence-corrected chi connectivity index (χ1v) is 6.79. The molecule has 1 aromatic carbocycles. The molecule has 0 fully saturated rings. The lowest BCUT2D eigenvalue weighted by atomic mass is 10.3. The fraction of sp³-hybridized carbons (Fsp3) is 0.462. The summed E-state index contributed by atoms with van der Waals surface area (Å²) < 4.78 is 2.29. The average Bonchev–Trinajstić information content (AvgIpc) is 2.63. The van der Waals surface area contributed by atoms with Crippen LogP contribution in [-0.2, 0) is 6.54 Å². The standard InChI is InChI=1S/C13H18N2S/c1-4-15-12-8-6-5-7-11(12)14-13(15)16-9-10(2)3/h5-8,10H,4,9H2,1-3H3. The van der Waals surface area contributed by atoms with Gasteiger partial charge in [-0.15, -0.1) is 0 Å². The molecule has 0 saturated carbocycles. The molecule has 2 nitrogen and oxygen atoms in total. The minimum Gasteiger partial charge on any atom is -0.319 e. The van der Waals surface area contributed by atoms with Crippen LogP contribution in [0.4, 0.5) is 0 Å². The van der Waals surface area contributed by atoms with E-state index in [1.165, 1.54) is 5.52 Å². The first-order valence-electron chi connectivity index (χ1n) is 5.80. The van der Waals surface area contributed by atoms with Crippen LogP contribution < -0.4 is 0 Å². The van der Waals surface area contributed by atoms with Crippen LogP contribution in [0, 0.1) is 5.92 Å². The molecule has 0 aliphatic heterocycles. The van der Waals surface area contributed by atoms with Crippen LogP contribution in [0.1, 0.15) is 20.8 Å². The molecular formula is C13H18N2S. The van der Waals surface area contributed by atoms with Crippen molar-refractivity contribution >= 4 is 22.8 Å². The Morgan fingerprint density at radius 1 is 1.31 bits per heavy atom. The van der Waals surface area contributed by atoms with Gasteiger partial charge in [0.1, 0.15) is 0 Å². The van der Waals surface area contributed by atoms with Crippen molar-refractivity contribution in [3.8, 4) is 0 Å². The van der Waals surface area contributed by atoms with Crippen molar-refractivity contribution in [3.63, 3.8) is 0 Å². The lowest BCUT2D eigenvalue weighted by molar-refractivity contribution is 0.695. The van der Waals surface area contributed by atoms with Crippen LogP contribution in [0.3, 0.4) is 0 Å². The summed E-state index contributed by atoms with van der Waals surface area (Å²) in [5.74, 6) is 1.83. The topological polar surface area (TPSA) is 17.8 Å². The number of hydrogen-bond donors (Lipinski definition) is 0. The molecule has 1 aromatic heterocycles. The fourth-order valence-electron chi connectivity index (χ4n) is 1.71. The molecule has 0 unspecified atom stereocenters. The summed E-state index contributed by atoms with van der Waals surface area (Å²) in [6.45, 7) is 7.65. The van der Waals surface area contributed by atoms with Crippen molar-refractivity contribution in [2.75, 3.05) is 5.75 Å². The van der Waals surface area contributed by atoms with E-state index in [9.17, 15) is 0 Å². The summed E-state index contributed by atoms with van der Waals surface area (Å²) >= 11 is 1.86. The van der Waals surface area contributed by atoms with Crippen molar-refractivity contribution in [2.24, 2.45) is 5.92 Å². The second-order valence-electron chi connectivity index (χ2n) is 4.33. The molecular weight excluding hydrogens is 216 g/mol. The molecule has 0 atom stereocenters. The Hall–Kier alpha value is -0.960. The molecule has 0 aliphatic rings. The molecule has 0 N–H and O–H groups in total. The number of thioether (sulfide) groups is 1. The minimum atomic E-state index is 0.704. The van der Waals surface area contributed by atoms with E-state index >= 15 is 0 Å². The molecule has 3 heteroatoms. The summed E-state index contributed by atoms with van der Waals surface area (Å²) in [6.07, 6.45) is 0. The Balaban J connectivity index is 2.36. The zero-order valence-corrected chi connectivity index (χ0v) is 10.9. The molecule has 0 spiro atoms. The van der Waals surface area contributed by atoms with Crippen LogP contribution in [0.2, 0.25) is 0 Å². The molecule has 1 heterocycles. The van der Waals surface area contributed by atoms with Crippen LogP contribution in [0.5, 0.6) is 0 Å². The first-order chi connectivity index (χ1) is 7.72. The minimum absolute atomic E-state index is 0.704. The summed E-state index contributed by atoms with van der Waals surface area (Å²) in [5.41, 5.74) is 2.35. The zero-order valence-electron chi connectivity index (χ0n) is 10.1. The van der Waals surface area contributed by atoms with Gasteiger partial charge in [0.05, 0.1) is 11.0 Å². The molecule has 16 heavy (non-hydrogen) atoms. The number of aryl methyl sites for hydroxylation is 1. The van der Waals surface area contributed by atoms with Gasteiger partial charge in [-0.25, -0.2) is 4.98 Å². The monoisotopic (exact) mass is 234 g/mol. The predicted molar refractivity (Wildman–Crippen MR) is 71.0 cm³/mol. The summed E-state index contributed by atoms with van der Waals surface area (Å²) in [5, 5.41) is 1.15. The second kappa shape index (κ2) is 4.91. The van der Waals surface area contributed by atoms with Gasteiger partial charge < -0.3 is 4.57 Å². The highest BCUT2D eigenvalue weighted by Gasteiger charge is 2.09. The molecule has 2 aromatic rings. The summed E-state index contributed by atoms with van der Waals surface area (Å²) in [7, 11) is 0.